The van der Waals surface area contributed by atoms with Gasteiger partial charge >= 0.3 is 5.97 Å². The average Bonchev–Trinajstić information content (AvgIpc) is 2.87. The number of hydrogen-bond donors (Lipinski definition) is 0. The van der Waals surface area contributed by atoms with Gasteiger partial charge in [0.2, 0.25) is 5.76 Å². The van der Waals surface area contributed by atoms with Gasteiger partial charge in [0.05, 0.1) is 6.61 Å². The Balaban J connectivity index is 2.69. The molecule has 1 heterocycles. The van der Waals surface area contributed by atoms with Gasteiger partial charge in [-0.25, -0.2) is 4.79 Å². The van der Waals surface area contributed by atoms with E-state index in [4.69, 9.17) is 19.7 Å². The molecule has 1 aromatic heterocycles. The molecule has 0 atom stereocenters. The molecule has 0 bridgehead atoms. The molecule has 0 spiro atoms. The molecule has 5 heteroatoms. The Kier molecular flexibility index (Phi) is 3.83. The maximum Gasteiger partial charge on any atom is 0.343 e. The summed E-state index contributed by atoms with van der Waals surface area (Å²) in [5, 5.41) is 18.1. The van der Waals surface area contributed by atoms with Gasteiger partial charge in [-0.1, -0.05) is 30.3 Å². The normalized spacial score (nSPS) is 9.55. The number of ether oxygens (including phenoxy) is 1. The van der Waals surface area contributed by atoms with Crippen LogP contribution in [0.3, 0.4) is 0 Å². The van der Waals surface area contributed by atoms with Crippen LogP contribution < -0.4 is 0 Å². The smallest absolute Gasteiger partial charge is 0.343 e. The first-order valence-corrected chi connectivity index (χ1v) is 5.92. The van der Waals surface area contributed by atoms with Crippen molar-refractivity contribution in [2.75, 3.05) is 6.61 Å². The van der Waals surface area contributed by atoms with Gasteiger partial charge < -0.3 is 9.15 Å². The molecule has 0 unspecified atom stereocenters. The van der Waals surface area contributed by atoms with E-state index in [-0.39, 0.29) is 29.3 Å². The molecule has 0 saturated carbocycles. The van der Waals surface area contributed by atoms with Crippen LogP contribution >= 0.6 is 0 Å². The van der Waals surface area contributed by atoms with Crippen LogP contribution in [0.2, 0.25) is 0 Å². The van der Waals surface area contributed by atoms with Crippen molar-refractivity contribution >= 4 is 5.97 Å². The lowest BCUT2D eigenvalue weighted by Gasteiger charge is -2.02. The summed E-state index contributed by atoms with van der Waals surface area (Å²) in [4.78, 5) is 12.0. The van der Waals surface area contributed by atoms with Gasteiger partial charge in [-0.15, -0.1) is 0 Å². The maximum atomic E-state index is 12.0. The van der Waals surface area contributed by atoms with Crippen molar-refractivity contribution in [1.29, 1.82) is 10.5 Å². The Labute approximate surface area is 115 Å². The number of furan rings is 1. The van der Waals surface area contributed by atoms with E-state index in [1.165, 1.54) is 0 Å². The second-order valence-corrected chi connectivity index (χ2v) is 3.82. The summed E-state index contributed by atoms with van der Waals surface area (Å²) in [5.41, 5.74) is 0.510. The van der Waals surface area contributed by atoms with E-state index in [1.54, 1.807) is 37.3 Å². The Bertz CT molecular complexity index is 718. The minimum absolute atomic E-state index is 0.00269. The molecule has 0 aliphatic carbocycles. The summed E-state index contributed by atoms with van der Waals surface area (Å²) < 4.78 is 10.3. The van der Waals surface area contributed by atoms with E-state index in [9.17, 15) is 4.79 Å². The van der Waals surface area contributed by atoms with Crippen molar-refractivity contribution in [3.8, 4) is 23.5 Å². The van der Waals surface area contributed by atoms with Gasteiger partial charge in [-0.3, -0.25) is 0 Å². The standard InChI is InChI=1S/C15H10N2O3/c1-2-19-15(18)13-11(8-16)12(9-17)20-14(13)10-6-4-3-5-7-10/h3-7H,2H2,1H3. The number of nitriles is 2. The minimum atomic E-state index is -0.673. The lowest BCUT2D eigenvalue weighted by molar-refractivity contribution is 0.0526. The van der Waals surface area contributed by atoms with E-state index in [1.807, 2.05) is 12.1 Å². The largest absolute Gasteiger partial charge is 0.462 e. The topological polar surface area (TPSA) is 87.0 Å². The number of hydrogen-bond acceptors (Lipinski definition) is 5. The van der Waals surface area contributed by atoms with Gasteiger partial charge in [-0.05, 0) is 6.92 Å². The number of nitrogens with zero attached hydrogens (tertiary/aromatic N) is 2. The molecule has 0 radical (unpaired) electrons. The molecule has 0 aliphatic rings. The Morgan fingerprint density at radius 1 is 1.25 bits per heavy atom. The van der Waals surface area contributed by atoms with E-state index in [2.05, 4.69) is 0 Å². The molecule has 5 nitrogen and oxygen atoms in total. The molecule has 1 aromatic carbocycles. The highest BCUT2D eigenvalue weighted by molar-refractivity contribution is 5.99. The minimum Gasteiger partial charge on any atom is -0.462 e. The molecule has 0 amide bonds. The molecule has 20 heavy (non-hydrogen) atoms. The SMILES string of the molecule is CCOC(=O)c1c(-c2ccccc2)oc(C#N)c1C#N. The van der Waals surface area contributed by atoms with Crippen molar-refractivity contribution in [2.45, 2.75) is 6.92 Å². The highest BCUT2D eigenvalue weighted by Gasteiger charge is 2.27. The van der Waals surface area contributed by atoms with Gasteiger partial charge in [0.15, 0.2) is 5.76 Å². The lowest BCUT2D eigenvalue weighted by atomic mass is 10.0. The van der Waals surface area contributed by atoms with Gasteiger partial charge in [0.25, 0.3) is 0 Å². The third-order valence-electron chi connectivity index (χ3n) is 2.64. The first-order chi connectivity index (χ1) is 9.72. The molecule has 2 rings (SSSR count). The summed E-state index contributed by atoms with van der Waals surface area (Å²) >= 11 is 0. The maximum absolute atomic E-state index is 12.0. The van der Waals surface area contributed by atoms with Crippen LogP contribution in [-0.2, 0) is 4.74 Å². The van der Waals surface area contributed by atoms with Crippen LogP contribution in [0.4, 0.5) is 0 Å². The van der Waals surface area contributed by atoms with Crippen LogP contribution in [0.1, 0.15) is 28.6 Å². The monoisotopic (exact) mass is 266 g/mol. The lowest BCUT2D eigenvalue weighted by Crippen LogP contribution is -2.06. The summed E-state index contributed by atoms with van der Waals surface area (Å²) in [6.45, 7) is 1.84. The number of carbonyl (C=O) groups is 1. The predicted molar refractivity (Wildman–Crippen MR) is 69.5 cm³/mol. The second-order valence-electron chi connectivity index (χ2n) is 3.82. The predicted octanol–water partition coefficient (Wildman–Crippen LogP) is 2.87. The summed E-state index contributed by atoms with van der Waals surface area (Å²) in [7, 11) is 0. The van der Waals surface area contributed by atoms with Crippen LogP contribution in [0.5, 0.6) is 0 Å². The third kappa shape index (κ3) is 2.25. The fourth-order valence-electron chi connectivity index (χ4n) is 1.81. The van der Waals surface area contributed by atoms with E-state index in [0.29, 0.717) is 5.56 Å². The van der Waals surface area contributed by atoms with Crippen LogP contribution in [0.25, 0.3) is 11.3 Å². The summed E-state index contributed by atoms with van der Waals surface area (Å²) in [6.07, 6.45) is 0. The zero-order valence-electron chi connectivity index (χ0n) is 10.7. The zero-order valence-corrected chi connectivity index (χ0v) is 10.7. The number of benzene rings is 1. The third-order valence-corrected chi connectivity index (χ3v) is 2.64. The number of rotatable bonds is 3. The second kappa shape index (κ2) is 5.73. The zero-order chi connectivity index (χ0) is 14.5. The van der Waals surface area contributed by atoms with Crippen molar-refractivity contribution in [2.24, 2.45) is 0 Å². The fourth-order valence-corrected chi connectivity index (χ4v) is 1.81. The Hall–Kier alpha value is -3.05. The molecular formula is C15H10N2O3. The van der Waals surface area contributed by atoms with Crippen molar-refractivity contribution in [1.82, 2.24) is 0 Å². The van der Waals surface area contributed by atoms with Crippen LogP contribution in [0.15, 0.2) is 34.7 Å². The summed E-state index contributed by atoms with van der Waals surface area (Å²) in [5.74, 6) is -0.681. The first-order valence-electron chi connectivity index (χ1n) is 5.92. The van der Waals surface area contributed by atoms with Crippen LogP contribution in [-0.4, -0.2) is 12.6 Å². The summed E-state index contributed by atoms with van der Waals surface area (Å²) in [6, 6.07) is 12.4. The fraction of sp³-hybridized carbons (Fsp3) is 0.133. The first kappa shape index (κ1) is 13.4. The molecular weight excluding hydrogens is 256 g/mol. The quantitative estimate of drug-likeness (QED) is 0.797. The van der Waals surface area contributed by atoms with Gasteiger partial charge in [0, 0.05) is 5.56 Å². The van der Waals surface area contributed by atoms with Crippen molar-refractivity contribution in [3.63, 3.8) is 0 Å². The van der Waals surface area contributed by atoms with E-state index < -0.39 is 5.97 Å². The number of esters is 1. The molecule has 2 aromatic rings. The van der Waals surface area contributed by atoms with Crippen molar-refractivity contribution < 1.29 is 13.9 Å². The molecule has 0 fully saturated rings. The Morgan fingerprint density at radius 3 is 2.50 bits per heavy atom. The molecule has 0 N–H and O–H groups in total. The van der Waals surface area contributed by atoms with E-state index >= 15 is 0 Å². The molecule has 98 valence electrons. The highest BCUT2D eigenvalue weighted by Crippen LogP contribution is 2.31. The van der Waals surface area contributed by atoms with Crippen molar-refractivity contribution in [3.05, 3.63) is 47.2 Å². The molecule has 0 saturated heterocycles. The Morgan fingerprint density at radius 2 is 1.95 bits per heavy atom. The number of carbonyl (C=O) groups excluding carboxylic acids is 1. The van der Waals surface area contributed by atoms with Gasteiger partial charge in [-0.2, -0.15) is 10.5 Å². The van der Waals surface area contributed by atoms with E-state index in [0.717, 1.165) is 0 Å². The highest BCUT2D eigenvalue weighted by atomic mass is 16.5. The average molecular weight is 266 g/mol. The molecule has 0 aliphatic heterocycles. The van der Waals surface area contributed by atoms with Crippen LogP contribution in [0, 0.1) is 22.7 Å². The van der Waals surface area contributed by atoms with Gasteiger partial charge in [0.1, 0.15) is 23.3 Å².